The fraction of sp³-hybridized carbons (Fsp3) is 0.333. The van der Waals surface area contributed by atoms with Crippen LogP contribution in [0.25, 0.3) is 10.2 Å². The quantitative estimate of drug-likeness (QED) is 0.625. The van der Waals surface area contributed by atoms with Gasteiger partial charge in [-0.25, -0.2) is 4.98 Å². The van der Waals surface area contributed by atoms with Gasteiger partial charge in [0.05, 0.1) is 16.8 Å². The molecule has 0 spiro atoms. The molecule has 0 saturated carbocycles. The largest absolute Gasteiger partial charge is 0.494 e. The van der Waals surface area contributed by atoms with Crippen molar-refractivity contribution in [3.05, 3.63) is 53.1 Å². The minimum atomic E-state index is 0.220. The van der Waals surface area contributed by atoms with Gasteiger partial charge in [0.25, 0.3) is 0 Å². The van der Waals surface area contributed by atoms with Crippen molar-refractivity contribution >= 4 is 44.2 Å². The van der Waals surface area contributed by atoms with Crippen LogP contribution in [-0.2, 0) is 11.2 Å². The van der Waals surface area contributed by atoms with E-state index in [1.165, 1.54) is 5.56 Å². The van der Waals surface area contributed by atoms with E-state index in [0.717, 1.165) is 40.6 Å². The SMILES string of the molecule is COc1ccc(Cl)c2sc(N3CCN(C(=O)CCc4ccccc4)CC3)nc12. The minimum Gasteiger partial charge on any atom is -0.494 e. The molecule has 5 nitrogen and oxygen atoms in total. The van der Waals surface area contributed by atoms with Gasteiger partial charge in [-0.3, -0.25) is 4.79 Å². The number of amides is 1. The highest BCUT2D eigenvalue weighted by Gasteiger charge is 2.24. The van der Waals surface area contributed by atoms with E-state index in [0.29, 0.717) is 24.5 Å². The van der Waals surface area contributed by atoms with Gasteiger partial charge in [-0.2, -0.15) is 0 Å². The molecule has 1 aliphatic heterocycles. The summed E-state index contributed by atoms with van der Waals surface area (Å²) in [4.78, 5) is 21.5. The van der Waals surface area contributed by atoms with E-state index in [9.17, 15) is 4.79 Å². The number of hydrogen-bond donors (Lipinski definition) is 0. The number of thiazole rings is 1. The number of aromatic nitrogens is 1. The normalized spacial score (nSPS) is 14.5. The van der Waals surface area contributed by atoms with Crippen molar-refractivity contribution in [3.8, 4) is 5.75 Å². The minimum absolute atomic E-state index is 0.220. The summed E-state index contributed by atoms with van der Waals surface area (Å²) in [7, 11) is 1.64. The van der Waals surface area contributed by atoms with Crippen molar-refractivity contribution in [2.75, 3.05) is 38.2 Å². The first-order chi connectivity index (χ1) is 13.7. The number of ether oxygens (including phenoxy) is 1. The summed E-state index contributed by atoms with van der Waals surface area (Å²) in [5.41, 5.74) is 2.01. The van der Waals surface area contributed by atoms with Crippen molar-refractivity contribution in [2.45, 2.75) is 12.8 Å². The molecule has 7 heteroatoms. The lowest BCUT2D eigenvalue weighted by Gasteiger charge is -2.34. The number of nitrogens with zero attached hydrogens (tertiary/aromatic N) is 3. The van der Waals surface area contributed by atoms with E-state index in [-0.39, 0.29) is 5.91 Å². The van der Waals surface area contributed by atoms with Crippen LogP contribution < -0.4 is 9.64 Å². The highest BCUT2D eigenvalue weighted by Crippen LogP contribution is 2.38. The Kier molecular flexibility index (Phi) is 5.69. The van der Waals surface area contributed by atoms with Gasteiger partial charge in [-0.15, -0.1) is 0 Å². The summed E-state index contributed by atoms with van der Waals surface area (Å²) in [5, 5.41) is 1.62. The van der Waals surface area contributed by atoms with Crippen molar-refractivity contribution in [1.82, 2.24) is 9.88 Å². The summed E-state index contributed by atoms with van der Waals surface area (Å²) in [6.45, 7) is 2.98. The van der Waals surface area contributed by atoms with E-state index < -0.39 is 0 Å². The molecule has 4 rings (SSSR count). The predicted octanol–water partition coefficient (Wildman–Crippen LogP) is 4.24. The lowest BCUT2D eigenvalue weighted by Crippen LogP contribution is -2.48. The maximum atomic E-state index is 12.5. The molecule has 0 atom stereocenters. The summed E-state index contributed by atoms with van der Waals surface area (Å²) < 4.78 is 6.35. The second-order valence-corrected chi connectivity index (χ2v) is 8.16. The zero-order valence-corrected chi connectivity index (χ0v) is 17.3. The number of hydrogen-bond acceptors (Lipinski definition) is 5. The Labute approximate surface area is 173 Å². The highest BCUT2D eigenvalue weighted by atomic mass is 35.5. The maximum Gasteiger partial charge on any atom is 0.223 e. The number of carbonyl (C=O) groups is 1. The molecule has 1 saturated heterocycles. The molecular weight excluding hydrogens is 394 g/mol. The van der Waals surface area contributed by atoms with Crippen molar-refractivity contribution in [3.63, 3.8) is 0 Å². The van der Waals surface area contributed by atoms with E-state index in [2.05, 4.69) is 17.0 Å². The first-order valence-corrected chi connectivity index (χ1v) is 10.5. The molecule has 3 aromatic rings. The van der Waals surface area contributed by atoms with E-state index >= 15 is 0 Å². The summed E-state index contributed by atoms with van der Waals surface area (Å²) >= 11 is 7.91. The van der Waals surface area contributed by atoms with Crippen LogP contribution in [0.5, 0.6) is 5.75 Å². The Hall–Kier alpha value is -2.31. The predicted molar refractivity (Wildman–Crippen MR) is 115 cm³/mol. The first kappa shape index (κ1) is 19.0. The standard InChI is InChI=1S/C21H22ClN3O2S/c1-27-17-9-8-16(22)20-19(17)23-21(28-20)25-13-11-24(12-14-25)18(26)10-7-15-5-3-2-4-6-15/h2-6,8-9H,7,10-14H2,1H3. The number of halogens is 1. The highest BCUT2D eigenvalue weighted by molar-refractivity contribution is 7.22. The molecule has 1 fully saturated rings. The molecule has 1 amide bonds. The van der Waals surface area contributed by atoms with Crippen molar-refractivity contribution < 1.29 is 9.53 Å². The average molecular weight is 416 g/mol. The van der Waals surface area contributed by atoms with Crippen LogP contribution in [0, 0.1) is 0 Å². The lowest BCUT2D eigenvalue weighted by molar-refractivity contribution is -0.131. The molecule has 0 N–H and O–H groups in total. The Morgan fingerprint density at radius 1 is 1.14 bits per heavy atom. The second-order valence-electron chi connectivity index (χ2n) is 6.78. The second kappa shape index (κ2) is 8.37. The van der Waals surface area contributed by atoms with Crippen molar-refractivity contribution in [1.29, 1.82) is 0 Å². The summed E-state index contributed by atoms with van der Waals surface area (Å²) in [6, 6.07) is 13.8. The van der Waals surface area contributed by atoms with Gasteiger partial charge in [-0.1, -0.05) is 53.3 Å². The number of anilines is 1. The van der Waals surface area contributed by atoms with Gasteiger partial charge >= 0.3 is 0 Å². The van der Waals surface area contributed by atoms with Gasteiger partial charge in [0, 0.05) is 32.6 Å². The van der Waals surface area contributed by atoms with E-state index in [1.807, 2.05) is 35.2 Å². The zero-order chi connectivity index (χ0) is 19.5. The first-order valence-electron chi connectivity index (χ1n) is 9.35. The topological polar surface area (TPSA) is 45.7 Å². The molecule has 28 heavy (non-hydrogen) atoms. The summed E-state index contributed by atoms with van der Waals surface area (Å²) in [6.07, 6.45) is 1.34. The zero-order valence-electron chi connectivity index (χ0n) is 15.7. The van der Waals surface area contributed by atoms with Crippen LogP contribution in [-0.4, -0.2) is 49.1 Å². The number of benzene rings is 2. The molecule has 1 aliphatic rings. The van der Waals surface area contributed by atoms with Gasteiger partial charge in [0.15, 0.2) is 5.13 Å². The number of carbonyl (C=O) groups excluding carboxylic acids is 1. The number of rotatable bonds is 5. The smallest absolute Gasteiger partial charge is 0.223 e. The van der Waals surface area contributed by atoms with Gasteiger partial charge < -0.3 is 14.5 Å². The van der Waals surface area contributed by atoms with Crippen molar-refractivity contribution in [2.24, 2.45) is 0 Å². The van der Waals surface area contributed by atoms with E-state index in [1.54, 1.807) is 18.4 Å². The Morgan fingerprint density at radius 2 is 1.89 bits per heavy atom. The molecule has 0 radical (unpaired) electrons. The average Bonchev–Trinajstić information content (AvgIpc) is 3.20. The Morgan fingerprint density at radius 3 is 2.61 bits per heavy atom. The van der Waals surface area contributed by atoms with Crippen LogP contribution in [0.2, 0.25) is 5.02 Å². The molecule has 0 unspecified atom stereocenters. The maximum absolute atomic E-state index is 12.5. The third-order valence-electron chi connectivity index (χ3n) is 5.04. The molecule has 2 heterocycles. The molecule has 2 aromatic carbocycles. The molecule has 0 aliphatic carbocycles. The Balaban J connectivity index is 1.38. The van der Waals surface area contributed by atoms with Crippen LogP contribution in [0.1, 0.15) is 12.0 Å². The molecule has 146 valence electrons. The number of fused-ring (bicyclic) bond motifs is 1. The van der Waals surface area contributed by atoms with E-state index in [4.69, 9.17) is 21.3 Å². The molecule has 1 aromatic heterocycles. The fourth-order valence-corrected chi connectivity index (χ4v) is 4.75. The van der Waals surface area contributed by atoms with Crippen LogP contribution in [0.3, 0.4) is 0 Å². The number of aryl methyl sites for hydroxylation is 1. The lowest BCUT2D eigenvalue weighted by atomic mass is 10.1. The van der Waals surface area contributed by atoms with Gasteiger partial charge in [0.1, 0.15) is 11.3 Å². The van der Waals surface area contributed by atoms with Crippen LogP contribution >= 0.6 is 22.9 Å². The fourth-order valence-electron chi connectivity index (χ4n) is 3.44. The Bertz CT molecular complexity index is 968. The summed E-state index contributed by atoms with van der Waals surface area (Å²) in [5.74, 6) is 0.953. The molecular formula is C21H22ClN3O2S. The third-order valence-corrected chi connectivity index (χ3v) is 6.62. The van der Waals surface area contributed by atoms with Gasteiger partial charge in [-0.05, 0) is 24.1 Å². The van der Waals surface area contributed by atoms with Crippen LogP contribution in [0.4, 0.5) is 5.13 Å². The third kappa shape index (κ3) is 3.93. The number of piperazine rings is 1. The van der Waals surface area contributed by atoms with Crippen LogP contribution in [0.15, 0.2) is 42.5 Å². The molecule has 0 bridgehead atoms. The monoisotopic (exact) mass is 415 g/mol. The van der Waals surface area contributed by atoms with Gasteiger partial charge in [0.2, 0.25) is 5.91 Å². The number of methoxy groups -OCH3 is 1.